The molecule has 2 rings (SSSR count). The summed E-state index contributed by atoms with van der Waals surface area (Å²) in [4.78, 5) is 27.0. The fraction of sp³-hybridized carbons (Fsp3) is 0. The summed E-state index contributed by atoms with van der Waals surface area (Å²) in [5.41, 5.74) is -0.339. The normalized spacial score (nSPS) is 8.00. The van der Waals surface area contributed by atoms with Crippen molar-refractivity contribution in [1.29, 1.82) is 0 Å². The van der Waals surface area contributed by atoms with Gasteiger partial charge in [-0.1, -0.05) is 23.2 Å². The van der Waals surface area contributed by atoms with Crippen molar-refractivity contribution in [2.45, 2.75) is 0 Å². The van der Waals surface area contributed by atoms with Crippen molar-refractivity contribution in [2.75, 3.05) is 0 Å². The van der Waals surface area contributed by atoms with Gasteiger partial charge in [-0.2, -0.15) is 0 Å². The van der Waals surface area contributed by atoms with Crippen LogP contribution in [0.1, 0.15) is 20.7 Å². The Hall–Kier alpha value is -1.54. The summed E-state index contributed by atoms with van der Waals surface area (Å²) in [6, 6.07) is 6.64. The molecule has 8 heteroatoms. The monoisotopic (exact) mass is 302 g/mol. The van der Waals surface area contributed by atoms with E-state index in [1.54, 1.807) is 12.5 Å². The van der Waals surface area contributed by atoms with Crippen LogP contribution in [0.25, 0.3) is 0 Å². The maximum absolute atomic E-state index is 10.3. The average Bonchev–Trinajstić information content (AvgIpc) is 2.41. The summed E-state index contributed by atoms with van der Waals surface area (Å²) < 4.78 is 0. The van der Waals surface area contributed by atoms with Crippen LogP contribution < -0.4 is 15.2 Å². The molecule has 1 aromatic carbocycles. The van der Waals surface area contributed by atoms with Crippen LogP contribution in [0, 0.1) is 0 Å². The molecular formula is C12H10CaN2O5. The molecule has 0 amide bonds. The van der Waals surface area contributed by atoms with Crippen molar-refractivity contribution in [3.8, 4) is 0 Å². The van der Waals surface area contributed by atoms with Crippen molar-refractivity contribution in [3.63, 3.8) is 0 Å². The standard InChI is InChI=1S/C8H6O4.C4H4N2.Ca.H2O/c9-7(10)5-2-1-3-6(4-5)8(11)12;1-2-5-4-6-3-1;;/h1-4H,(H,9,10)(H,11,12);1-4H;;1H2/q;;+2;/p-2. The molecule has 0 unspecified atom stereocenters. The number of nitrogens with one attached hydrogen (secondary N) is 1. The molecule has 2 aromatic rings. The van der Waals surface area contributed by atoms with Gasteiger partial charge in [0.25, 0.3) is 6.33 Å². The molecule has 1 aromatic heterocycles. The number of carbonyl (C=O) groups is 2. The zero-order chi connectivity index (χ0) is 13.4. The molecule has 0 atom stereocenters. The number of rotatable bonds is 2. The SMILES string of the molecule is O=C([O-])c1cccc(C(=O)[O-])c1.[Ca+2].[OH-].c1cnc[nH+]c1. The maximum Gasteiger partial charge on any atom is 2.00 e. The Morgan fingerprint density at radius 2 is 1.60 bits per heavy atom. The number of hydrogen-bond donors (Lipinski definition) is 0. The third-order valence-electron chi connectivity index (χ3n) is 1.85. The first-order valence-electron chi connectivity index (χ1n) is 4.90. The van der Waals surface area contributed by atoms with Crippen molar-refractivity contribution in [1.82, 2.24) is 4.98 Å². The minimum Gasteiger partial charge on any atom is -0.870 e. The van der Waals surface area contributed by atoms with E-state index in [2.05, 4.69) is 9.97 Å². The quantitative estimate of drug-likeness (QED) is 0.574. The van der Waals surface area contributed by atoms with Gasteiger partial charge in [-0.25, -0.2) is 0 Å². The first-order chi connectivity index (χ1) is 8.61. The van der Waals surface area contributed by atoms with Gasteiger partial charge < -0.3 is 25.3 Å². The van der Waals surface area contributed by atoms with E-state index in [1.165, 1.54) is 18.2 Å². The van der Waals surface area contributed by atoms with Gasteiger partial charge in [0, 0.05) is 6.07 Å². The molecule has 0 saturated carbocycles. The van der Waals surface area contributed by atoms with E-state index in [0.29, 0.717) is 0 Å². The number of carboxylic acids is 2. The van der Waals surface area contributed by atoms with Gasteiger partial charge in [0.15, 0.2) is 0 Å². The second kappa shape index (κ2) is 11.3. The fourth-order valence-corrected chi connectivity index (χ4v) is 1.05. The van der Waals surface area contributed by atoms with Crippen LogP contribution in [-0.4, -0.2) is 60.1 Å². The summed E-state index contributed by atoms with van der Waals surface area (Å²) in [5, 5.41) is 20.5. The number of carbonyl (C=O) groups excluding carboxylic acids is 2. The molecule has 2 N–H and O–H groups in total. The minimum absolute atomic E-state index is 0. The van der Waals surface area contributed by atoms with Crippen LogP contribution in [0.15, 0.2) is 49.1 Å². The van der Waals surface area contributed by atoms with E-state index >= 15 is 0 Å². The molecule has 0 fully saturated rings. The molecule has 0 aliphatic rings. The number of H-pyrrole nitrogens is 1. The molecule has 0 spiro atoms. The molecule has 0 aliphatic heterocycles. The molecule has 20 heavy (non-hydrogen) atoms. The van der Waals surface area contributed by atoms with Gasteiger partial charge in [-0.3, -0.25) is 4.98 Å². The summed E-state index contributed by atoms with van der Waals surface area (Å²) >= 11 is 0. The number of benzene rings is 1. The van der Waals surface area contributed by atoms with E-state index < -0.39 is 11.9 Å². The molecule has 0 saturated heterocycles. The smallest absolute Gasteiger partial charge is 0.870 e. The van der Waals surface area contributed by atoms with Crippen molar-refractivity contribution >= 4 is 49.7 Å². The minimum atomic E-state index is -1.40. The van der Waals surface area contributed by atoms with Crippen LogP contribution in [0.3, 0.4) is 0 Å². The summed E-state index contributed by atoms with van der Waals surface area (Å²) in [6.45, 7) is 0. The summed E-state index contributed by atoms with van der Waals surface area (Å²) in [6.07, 6.45) is 5.16. The molecule has 1 heterocycles. The molecule has 7 nitrogen and oxygen atoms in total. The van der Waals surface area contributed by atoms with Crippen LogP contribution in [0.4, 0.5) is 0 Å². The van der Waals surface area contributed by atoms with E-state index in [9.17, 15) is 19.8 Å². The molecule has 0 radical (unpaired) electrons. The van der Waals surface area contributed by atoms with Gasteiger partial charge in [0.05, 0.1) is 18.1 Å². The zero-order valence-electron chi connectivity index (χ0n) is 10.4. The number of aromatic amines is 1. The first kappa shape index (κ1) is 20.8. The molecule has 0 bridgehead atoms. The number of nitrogens with zero attached hydrogens (tertiary/aromatic N) is 1. The Bertz CT molecular complexity index is 480. The Balaban J connectivity index is 0. The van der Waals surface area contributed by atoms with Crippen LogP contribution in [-0.2, 0) is 0 Å². The van der Waals surface area contributed by atoms with Crippen molar-refractivity contribution in [2.24, 2.45) is 0 Å². The largest absolute Gasteiger partial charge is 2.00 e. The van der Waals surface area contributed by atoms with E-state index in [1.807, 2.05) is 12.3 Å². The number of aromatic carboxylic acids is 2. The first-order valence-corrected chi connectivity index (χ1v) is 4.90. The van der Waals surface area contributed by atoms with Crippen molar-refractivity contribution in [3.05, 3.63) is 60.2 Å². The van der Waals surface area contributed by atoms with E-state index in [-0.39, 0.29) is 54.3 Å². The average molecular weight is 302 g/mol. The predicted octanol–water partition coefficient (Wildman–Crippen LogP) is -2.25. The Kier molecular flexibility index (Phi) is 11.7. The summed E-state index contributed by atoms with van der Waals surface area (Å²) in [7, 11) is 0. The van der Waals surface area contributed by atoms with Crippen LogP contribution in [0.5, 0.6) is 0 Å². The van der Waals surface area contributed by atoms with Gasteiger partial charge in [-0.15, -0.1) is 0 Å². The van der Waals surface area contributed by atoms with Gasteiger partial charge in [0.2, 0.25) is 0 Å². The van der Waals surface area contributed by atoms with Gasteiger partial charge >= 0.3 is 37.7 Å². The predicted molar refractivity (Wildman–Crippen MR) is 63.6 cm³/mol. The van der Waals surface area contributed by atoms with E-state index in [4.69, 9.17) is 0 Å². The summed E-state index contributed by atoms with van der Waals surface area (Å²) in [5.74, 6) is -2.81. The number of carboxylic acid groups (broad SMARTS) is 2. The second-order valence-electron chi connectivity index (χ2n) is 3.11. The van der Waals surface area contributed by atoms with Crippen LogP contribution >= 0.6 is 0 Å². The Labute approximate surface area is 144 Å². The second-order valence-corrected chi connectivity index (χ2v) is 3.11. The molecule has 100 valence electrons. The Morgan fingerprint density at radius 1 is 1.05 bits per heavy atom. The van der Waals surface area contributed by atoms with Gasteiger partial charge in [0.1, 0.15) is 6.20 Å². The zero-order valence-corrected chi connectivity index (χ0v) is 12.6. The van der Waals surface area contributed by atoms with E-state index in [0.717, 1.165) is 6.07 Å². The third kappa shape index (κ3) is 7.80. The van der Waals surface area contributed by atoms with Gasteiger partial charge in [-0.05, 0) is 17.2 Å². The van der Waals surface area contributed by atoms with Crippen LogP contribution in [0.2, 0.25) is 0 Å². The number of aromatic nitrogens is 2. The number of hydrogen-bond acceptors (Lipinski definition) is 6. The fourth-order valence-electron chi connectivity index (χ4n) is 1.05. The molecular weight excluding hydrogens is 292 g/mol. The third-order valence-corrected chi connectivity index (χ3v) is 1.85. The van der Waals surface area contributed by atoms with Crippen molar-refractivity contribution < 1.29 is 30.3 Å². The molecule has 0 aliphatic carbocycles. The Morgan fingerprint density at radius 3 is 1.85 bits per heavy atom. The maximum atomic E-state index is 10.3. The topological polar surface area (TPSA) is 137 Å².